The molecule has 10 heteroatoms. The van der Waals surface area contributed by atoms with Gasteiger partial charge in [0.2, 0.25) is 0 Å². The lowest BCUT2D eigenvalue weighted by molar-refractivity contribution is -0.117. The summed E-state index contributed by atoms with van der Waals surface area (Å²) in [5.74, 6) is 0.969. The van der Waals surface area contributed by atoms with Gasteiger partial charge in [0.25, 0.3) is 5.91 Å². The van der Waals surface area contributed by atoms with Gasteiger partial charge in [0.15, 0.2) is 14.6 Å². The molecule has 0 aliphatic heterocycles. The summed E-state index contributed by atoms with van der Waals surface area (Å²) in [6, 6.07) is 10.0. The van der Waals surface area contributed by atoms with Gasteiger partial charge in [-0.3, -0.25) is 4.79 Å². The van der Waals surface area contributed by atoms with E-state index in [2.05, 4.69) is 4.99 Å². The van der Waals surface area contributed by atoms with Gasteiger partial charge in [-0.2, -0.15) is 4.99 Å². The number of carbonyl (C=O) groups is 1. The Hall–Kier alpha value is -2.69. The number of hydrogen-bond acceptors (Lipinski definition) is 7. The van der Waals surface area contributed by atoms with E-state index in [4.69, 9.17) is 14.2 Å². The third-order valence-corrected chi connectivity index (χ3v) is 8.42. The third-order valence-electron chi connectivity index (χ3n) is 5.16. The van der Waals surface area contributed by atoms with Crippen molar-refractivity contribution < 1.29 is 27.4 Å². The lowest BCUT2D eigenvalue weighted by Crippen LogP contribution is -2.20. The predicted molar refractivity (Wildman–Crippen MR) is 128 cm³/mol. The number of ether oxygens (including phenoxy) is 3. The molecule has 0 saturated carbocycles. The van der Waals surface area contributed by atoms with Crippen molar-refractivity contribution in [2.45, 2.75) is 37.0 Å². The number of sulfone groups is 1. The number of methoxy groups -OCH3 is 3. The molecule has 0 bridgehead atoms. The maximum atomic E-state index is 12.8. The van der Waals surface area contributed by atoms with Crippen LogP contribution in [0, 0.1) is 0 Å². The van der Waals surface area contributed by atoms with Crippen LogP contribution in [0.25, 0.3) is 10.2 Å². The topological polar surface area (TPSA) is 96.2 Å². The van der Waals surface area contributed by atoms with Crippen LogP contribution in [0.3, 0.4) is 0 Å². The van der Waals surface area contributed by atoms with Crippen molar-refractivity contribution in [3.05, 3.63) is 46.8 Å². The fraction of sp³-hybridized carbons (Fsp3) is 0.391. The van der Waals surface area contributed by atoms with Crippen LogP contribution >= 0.6 is 11.3 Å². The molecule has 178 valence electrons. The minimum Gasteiger partial charge on any atom is -0.495 e. The highest BCUT2D eigenvalue weighted by molar-refractivity contribution is 7.92. The zero-order valence-electron chi connectivity index (χ0n) is 19.3. The van der Waals surface area contributed by atoms with Crippen LogP contribution in [0.4, 0.5) is 0 Å². The summed E-state index contributed by atoms with van der Waals surface area (Å²) < 4.78 is 43.6. The van der Waals surface area contributed by atoms with Crippen molar-refractivity contribution in [1.82, 2.24) is 4.57 Å². The van der Waals surface area contributed by atoms with Crippen LogP contribution in [0.5, 0.6) is 11.5 Å². The van der Waals surface area contributed by atoms with Gasteiger partial charge in [-0.15, -0.1) is 0 Å². The molecule has 33 heavy (non-hydrogen) atoms. The van der Waals surface area contributed by atoms with Crippen molar-refractivity contribution in [1.29, 1.82) is 0 Å². The van der Waals surface area contributed by atoms with Crippen molar-refractivity contribution in [2.24, 2.45) is 4.99 Å². The number of nitrogens with zero attached hydrogens (tertiary/aromatic N) is 2. The molecule has 0 spiro atoms. The van der Waals surface area contributed by atoms with Crippen molar-refractivity contribution in [2.75, 3.05) is 27.9 Å². The molecule has 0 aliphatic rings. The predicted octanol–water partition coefficient (Wildman–Crippen LogP) is 3.22. The molecular weight excluding hydrogens is 464 g/mol. The maximum absolute atomic E-state index is 12.8. The minimum atomic E-state index is -3.36. The number of amides is 1. The Bertz CT molecular complexity index is 1310. The van der Waals surface area contributed by atoms with Crippen molar-refractivity contribution >= 4 is 37.3 Å². The number of aromatic nitrogens is 1. The summed E-state index contributed by atoms with van der Waals surface area (Å²) in [4.78, 5) is 17.9. The normalized spacial score (nSPS) is 12.5. The molecule has 1 amide bonds. The third kappa shape index (κ3) is 5.29. The first-order valence-corrected chi connectivity index (χ1v) is 12.7. The maximum Gasteiger partial charge on any atom is 0.252 e. The van der Waals surface area contributed by atoms with Crippen LogP contribution in [0.1, 0.15) is 19.4 Å². The molecule has 8 nitrogen and oxygen atoms in total. The highest BCUT2D eigenvalue weighted by atomic mass is 32.2. The molecule has 0 aliphatic carbocycles. The smallest absolute Gasteiger partial charge is 0.252 e. The van der Waals surface area contributed by atoms with Crippen LogP contribution < -0.4 is 14.3 Å². The van der Waals surface area contributed by atoms with Gasteiger partial charge >= 0.3 is 0 Å². The number of rotatable bonds is 9. The van der Waals surface area contributed by atoms with E-state index < -0.39 is 15.1 Å². The van der Waals surface area contributed by atoms with E-state index in [-0.39, 0.29) is 17.2 Å². The van der Waals surface area contributed by atoms with Crippen molar-refractivity contribution in [3.63, 3.8) is 0 Å². The van der Waals surface area contributed by atoms with Gasteiger partial charge in [0, 0.05) is 13.7 Å². The Morgan fingerprint density at radius 2 is 1.67 bits per heavy atom. The monoisotopic (exact) mass is 492 g/mol. The fourth-order valence-corrected chi connectivity index (χ4v) is 5.56. The van der Waals surface area contributed by atoms with Gasteiger partial charge < -0.3 is 18.8 Å². The quantitative estimate of drug-likeness (QED) is 0.455. The molecule has 3 aromatic rings. The second kappa shape index (κ2) is 10.5. The molecule has 0 saturated heterocycles. The number of fused-ring (bicyclic) bond motifs is 1. The Balaban J connectivity index is 1.99. The van der Waals surface area contributed by atoms with E-state index in [0.717, 1.165) is 10.2 Å². The molecule has 0 unspecified atom stereocenters. The zero-order valence-corrected chi connectivity index (χ0v) is 21.0. The lowest BCUT2D eigenvalue weighted by Gasteiger charge is -2.10. The van der Waals surface area contributed by atoms with Crippen LogP contribution in [-0.4, -0.2) is 52.1 Å². The molecule has 0 fully saturated rings. The van der Waals surface area contributed by atoms with Gasteiger partial charge in [-0.05, 0) is 43.7 Å². The van der Waals surface area contributed by atoms with E-state index >= 15 is 0 Å². The van der Waals surface area contributed by atoms with Gasteiger partial charge in [0.05, 0.1) is 37.4 Å². The average molecular weight is 493 g/mol. The second-order valence-corrected chi connectivity index (χ2v) is 11.1. The highest BCUT2D eigenvalue weighted by Gasteiger charge is 2.19. The Morgan fingerprint density at radius 3 is 2.24 bits per heavy atom. The number of thiazole rings is 1. The molecule has 0 N–H and O–H groups in total. The zero-order chi connectivity index (χ0) is 24.2. The summed E-state index contributed by atoms with van der Waals surface area (Å²) in [7, 11) is 1.43. The van der Waals surface area contributed by atoms with Crippen LogP contribution in [-0.2, 0) is 32.3 Å². The molecular formula is C23H28N2O6S2. The van der Waals surface area contributed by atoms with E-state index in [1.807, 2.05) is 16.7 Å². The largest absolute Gasteiger partial charge is 0.495 e. The van der Waals surface area contributed by atoms with Crippen LogP contribution in [0.15, 0.2) is 46.3 Å². The standard InChI is InChI=1S/C23H28N2O6S2/c1-15(2)33(27,28)17-8-6-16(7-9-17)14-20(26)24-23-25(12-13-29-3)21-18(30-4)10-11-19(31-5)22(21)32-23/h6-11,15H,12-14H2,1-5H3. The van der Waals surface area contributed by atoms with Gasteiger partial charge in [-0.25, -0.2) is 8.42 Å². The lowest BCUT2D eigenvalue weighted by atomic mass is 10.1. The van der Waals surface area contributed by atoms with Gasteiger partial charge in [-0.1, -0.05) is 23.5 Å². The van der Waals surface area contributed by atoms with E-state index in [9.17, 15) is 13.2 Å². The van der Waals surface area contributed by atoms with E-state index in [1.54, 1.807) is 47.3 Å². The summed E-state index contributed by atoms with van der Waals surface area (Å²) >= 11 is 1.34. The fourth-order valence-electron chi connectivity index (χ4n) is 3.32. The van der Waals surface area contributed by atoms with E-state index in [1.165, 1.54) is 23.5 Å². The number of carbonyl (C=O) groups excluding carboxylic acids is 1. The Morgan fingerprint density at radius 1 is 1.03 bits per heavy atom. The number of benzene rings is 2. The molecule has 1 aromatic heterocycles. The summed E-state index contributed by atoms with van der Waals surface area (Å²) in [6.07, 6.45) is 0.0504. The summed E-state index contributed by atoms with van der Waals surface area (Å²) in [6.45, 7) is 4.19. The molecule has 0 radical (unpaired) electrons. The highest BCUT2D eigenvalue weighted by Crippen LogP contribution is 2.35. The minimum absolute atomic E-state index is 0.0504. The first-order chi connectivity index (χ1) is 15.7. The number of hydrogen-bond donors (Lipinski definition) is 0. The van der Waals surface area contributed by atoms with Crippen LogP contribution in [0.2, 0.25) is 0 Å². The average Bonchev–Trinajstić information content (AvgIpc) is 3.14. The summed E-state index contributed by atoms with van der Waals surface area (Å²) in [5.41, 5.74) is 1.47. The first kappa shape index (κ1) is 24.9. The molecule has 1 heterocycles. The van der Waals surface area contributed by atoms with E-state index in [0.29, 0.717) is 35.0 Å². The Kier molecular flexibility index (Phi) is 7.93. The first-order valence-electron chi connectivity index (χ1n) is 10.4. The SMILES string of the molecule is COCCn1c(=NC(=O)Cc2ccc(S(=O)(=O)C(C)C)cc2)sc2c(OC)ccc(OC)c21. The van der Waals surface area contributed by atoms with Gasteiger partial charge in [0.1, 0.15) is 21.7 Å². The molecule has 0 atom stereocenters. The Labute approximate surface area is 197 Å². The molecule has 2 aromatic carbocycles. The molecule has 3 rings (SSSR count). The summed E-state index contributed by atoms with van der Waals surface area (Å²) in [5, 5.41) is -0.510. The second-order valence-electron chi connectivity index (χ2n) is 7.60. The van der Waals surface area contributed by atoms with Crippen molar-refractivity contribution in [3.8, 4) is 11.5 Å².